The molecule has 8 nitrogen and oxygen atoms in total. The molecule has 3 aromatic heterocycles. The standard InChI is InChI=1S/C24H22N6O2/c1-32-21-10-6-5-9-18(21)16-25-23(31)12-11-22-26-27-24-20-15-19(17-7-3-2-4-8-17)28-30(20)14-13-29(22)24/h2-10,13-15H,11-12,16H2,1H3,(H,25,31). The number of nitrogens with zero attached hydrogens (tertiary/aromatic N) is 5. The summed E-state index contributed by atoms with van der Waals surface area (Å²) in [6.45, 7) is 0.419. The Labute approximate surface area is 184 Å². The molecular formula is C24H22N6O2. The third-order valence-corrected chi connectivity index (χ3v) is 5.40. The molecule has 0 aliphatic rings. The van der Waals surface area contributed by atoms with Gasteiger partial charge in [0.15, 0.2) is 5.65 Å². The minimum Gasteiger partial charge on any atom is -0.496 e. The maximum atomic E-state index is 12.4. The van der Waals surface area contributed by atoms with Crippen molar-refractivity contribution in [3.05, 3.63) is 84.4 Å². The number of para-hydroxylation sites is 1. The minimum absolute atomic E-state index is 0.0514. The number of carbonyl (C=O) groups is 1. The van der Waals surface area contributed by atoms with Crippen LogP contribution in [0.15, 0.2) is 73.1 Å². The molecule has 5 rings (SSSR count). The Balaban J connectivity index is 1.30. The Hall–Kier alpha value is -4.20. The Morgan fingerprint density at radius 1 is 1.03 bits per heavy atom. The molecule has 1 amide bonds. The highest BCUT2D eigenvalue weighted by molar-refractivity contribution is 5.77. The Morgan fingerprint density at radius 3 is 2.69 bits per heavy atom. The molecule has 0 unspecified atom stereocenters. The molecule has 0 saturated carbocycles. The predicted molar refractivity (Wildman–Crippen MR) is 120 cm³/mol. The van der Waals surface area contributed by atoms with E-state index in [0.717, 1.165) is 33.9 Å². The van der Waals surface area contributed by atoms with E-state index in [1.165, 1.54) is 0 Å². The second-order valence-electron chi connectivity index (χ2n) is 7.42. The molecule has 0 fully saturated rings. The molecule has 0 radical (unpaired) electrons. The zero-order valence-electron chi connectivity index (χ0n) is 17.6. The van der Waals surface area contributed by atoms with E-state index in [9.17, 15) is 4.79 Å². The molecule has 0 saturated heterocycles. The van der Waals surface area contributed by atoms with Crippen LogP contribution in [-0.4, -0.2) is 37.2 Å². The van der Waals surface area contributed by atoms with Gasteiger partial charge < -0.3 is 10.1 Å². The van der Waals surface area contributed by atoms with E-state index in [1.807, 2.05) is 77.5 Å². The molecule has 0 spiro atoms. The van der Waals surface area contributed by atoms with Crippen molar-refractivity contribution in [3.8, 4) is 17.0 Å². The monoisotopic (exact) mass is 426 g/mol. The zero-order chi connectivity index (χ0) is 21.9. The van der Waals surface area contributed by atoms with Crippen molar-refractivity contribution in [2.24, 2.45) is 0 Å². The van der Waals surface area contributed by atoms with Crippen LogP contribution in [-0.2, 0) is 17.8 Å². The Morgan fingerprint density at radius 2 is 1.84 bits per heavy atom. The van der Waals surface area contributed by atoms with Crippen LogP contribution in [0.4, 0.5) is 0 Å². The van der Waals surface area contributed by atoms with Gasteiger partial charge in [-0.25, -0.2) is 4.52 Å². The fourth-order valence-corrected chi connectivity index (χ4v) is 3.74. The molecular weight excluding hydrogens is 404 g/mol. The van der Waals surface area contributed by atoms with Crippen LogP contribution in [0.5, 0.6) is 5.75 Å². The van der Waals surface area contributed by atoms with Gasteiger partial charge in [-0.1, -0.05) is 48.5 Å². The van der Waals surface area contributed by atoms with Crippen LogP contribution in [0, 0.1) is 0 Å². The van der Waals surface area contributed by atoms with Crippen LogP contribution < -0.4 is 10.1 Å². The summed E-state index contributed by atoms with van der Waals surface area (Å²) in [4.78, 5) is 12.4. The molecule has 0 atom stereocenters. The van der Waals surface area contributed by atoms with Gasteiger partial charge in [0.2, 0.25) is 5.91 Å². The average Bonchev–Trinajstić information content (AvgIpc) is 3.46. The highest BCUT2D eigenvalue weighted by Gasteiger charge is 2.14. The lowest BCUT2D eigenvalue weighted by Gasteiger charge is -2.09. The van der Waals surface area contributed by atoms with Gasteiger partial charge in [0.1, 0.15) is 17.1 Å². The number of nitrogens with one attached hydrogen (secondary N) is 1. The number of carbonyl (C=O) groups excluding carboxylic acids is 1. The zero-order valence-corrected chi connectivity index (χ0v) is 17.6. The first-order valence-corrected chi connectivity index (χ1v) is 10.4. The average molecular weight is 426 g/mol. The van der Waals surface area contributed by atoms with E-state index in [1.54, 1.807) is 11.6 Å². The van der Waals surface area contributed by atoms with Gasteiger partial charge in [0.05, 0.1) is 12.8 Å². The Kier molecular flexibility index (Phi) is 5.25. The molecule has 0 aliphatic heterocycles. The number of benzene rings is 2. The maximum Gasteiger partial charge on any atom is 0.220 e. The van der Waals surface area contributed by atoms with E-state index in [-0.39, 0.29) is 5.91 Å². The van der Waals surface area contributed by atoms with Crippen molar-refractivity contribution >= 4 is 17.1 Å². The molecule has 160 valence electrons. The van der Waals surface area contributed by atoms with Crippen LogP contribution in [0.1, 0.15) is 17.8 Å². The number of aromatic nitrogens is 5. The van der Waals surface area contributed by atoms with Crippen LogP contribution >= 0.6 is 0 Å². The fourth-order valence-electron chi connectivity index (χ4n) is 3.74. The second kappa shape index (κ2) is 8.50. The first kappa shape index (κ1) is 19.7. The summed E-state index contributed by atoms with van der Waals surface area (Å²) >= 11 is 0. The second-order valence-corrected chi connectivity index (χ2v) is 7.42. The van der Waals surface area contributed by atoms with Gasteiger partial charge in [-0.3, -0.25) is 9.20 Å². The molecule has 0 bridgehead atoms. The van der Waals surface area contributed by atoms with E-state index in [0.29, 0.717) is 25.0 Å². The lowest BCUT2D eigenvalue weighted by molar-refractivity contribution is -0.121. The SMILES string of the molecule is COc1ccccc1CNC(=O)CCc1nnc2c3cc(-c4ccccc4)nn3ccn12. The van der Waals surface area contributed by atoms with Gasteiger partial charge in [-0.05, 0) is 12.1 Å². The topological polar surface area (TPSA) is 85.8 Å². The maximum absolute atomic E-state index is 12.4. The number of fused-ring (bicyclic) bond motifs is 3. The van der Waals surface area contributed by atoms with Crippen molar-refractivity contribution in [1.82, 2.24) is 29.5 Å². The number of aryl methyl sites for hydroxylation is 1. The normalized spacial score (nSPS) is 11.2. The van der Waals surface area contributed by atoms with Crippen LogP contribution in [0.25, 0.3) is 22.4 Å². The van der Waals surface area contributed by atoms with Crippen molar-refractivity contribution < 1.29 is 9.53 Å². The van der Waals surface area contributed by atoms with Gasteiger partial charge >= 0.3 is 0 Å². The number of rotatable bonds is 7. The highest BCUT2D eigenvalue weighted by Crippen LogP contribution is 2.22. The van der Waals surface area contributed by atoms with E-state index >= 15 is 0 Å². The molecule has 32 heavy (non-hydrogen) atoms. The lowest BCUT2D eigenvalue weighted by Crippen LogP contribution is -2.23. The summed E-state index contributed by atoms with van der Waals surface area (Å²) in [7, 11) is 1.62. The summed E-state index contributed by atoms with van der Waals surface area (Å²) in [5, 5.41) is 16.3. The first-order valence-electron chi connectivity index (χ1n) is 10.4. The summed E-state index contributed by atoms with van der Waals surface area (Å²) in [5.74, 6) is 1.44. The molecule has 0 aliphatic carbocycles. The summed E-state index contributed by atoms with van der Waals surface area (Å²) in [6, 6.07) is 19.7. The third-order valence-electron chi connectivity index (χ3n) is 5.40. The number of methoxy groups -OCH3 is 1. The van der Waals surface area contributed by atoms with Gasteiger partial charge in [-0.2, -0.15) is 5.10 Å². The largest absolute Gasteiger partial charge is 0.496 e. The minimum atomic E-state index is -0.0514. The van der Waals surface area contributed by atoms with Gasteiger partial charge in [0.25, 0.3) is 0 Å². The van der Waals surface area contributed by atoms with Crippen molar-refractivity contribution in [2.45, 2.75) is 19.4 Å². The van der Waals surface area contributed by atoms with E-state index in [4.69, 9.17) is 4.74 Å². The summed E-state index contributed by atoms with van der Waals surface area (Å²) in [6.07, 6.45) is 4.56. The van der Waals surface area contributed by atoms with E-state index in [2.05, 4.69) is 20.6 Å². The summed E-state index contributed by atoms with van der Waals surface area (Å²) in [5.41, 5.74) is 4.44. The molecule has 5 aromatic rings. The fraction of sp³-hybridized carbons (Fsp3) is 0.167. The molecule has 2 aromatic carbocycles. The summed E-state index contributed by atoms with van der Waals surface area (Å²) < 4.78 is 9.05. The number of hydrogen-bond donors (Lipinski definition) is 1. The van der Waals surface area contributed by atoms with Crippen LogP contribution in [0.3, 0.4) is 0 Å². The number of amides is 1. The lowest BCUT2D eigenvalue weighted by atomic mass is 10.1. The third kappa shape index (κ3) is 3.78. The number of ether oxygens (including phenoxy) is 1. The van der Waals surface area contributed by atoms with Crippen molar-refractivity contribution in [2.75, 3.05) is 7.11 Å². The highest BCUT2D eigenvalue weighted by atomic mass is 16.5. The Bertz CT molecular complexity index is 1390. The van der Waals surface area contributed by atoms with Crippen molar-refractivity contribution in [3.63, 3.8) is 0 Å². The molecule has 3 heterocycles. The van der Waals surface area contributed by atoms with Crippen molar-refractivity contribution in [1.29, 1.82) is 0 Å². The first-order chi connectivity index (χ1) is 15.7. The van der Waals surface area contributed by atoms with Gasteiger partial charge in [0, 0.05) is 42.9 Å². The smallest absolute Gasteiger partial charge is 0.220 e. The van der Waals surface area contributed by atoms with E-state index < -0.39 is 0 Å². The number of hydrogen-bond acceptors (Lipinski definition) is 5. The van der Waals surface area contributed by atoms with Gasteiger partial charge in [-0.15, -0.1) is 10.2 Å². The molecule has 1 N–H and O–H groups in total. The molecule has 8 heteroatoms. The predicted octanol–water partition coefficient (Wildman–Crippen LogP) is 3.30. The quantitative estimate of drug-likeness (QED) is 0.432. The van der Waals surface area contributed by atoms with Crippen LogP contribution in [0.2, 0.25) is 0 Å².